The number of hydrogen-bond acceptors (Lipinski definition) is 3. The Hall–Kier alpha value is -2.83. The monoisotopic (exact) mass is 470 g/mol. The van der Waals surface area contributed by atoms with E-state index in [2.05, 4.69) is 11.4 Å². The Kier molecular flexibility index (Phi) is 7.26. The normalized spacial score (nSPS) is 12.3. The lowest BCUT2D eigenvalue weighted by molar-refractivity contribution is 0.0940. The minimum Gasteiger partial charge on any atom is -0.346 e. The largest absolute Gasteiger partial charge is 0.346 e. The lowest BCUT2D eigenvalue weighted by Gasteiger charge is -2.23. The van der Waals surface area contributed by atoms with Crippen LogP contribution in [0.25, 0.3) is 0 Å². The first-order chi connectivity index (χ1) is 15.0. The van der Waals surface area contributed by atoms with Crippen molar-refractivity contribution in [2.24, 2.45) is 0 Å². The van der Waals surface area contributed by atoms with Crippen molar-refractivity contribution in [3.05, 3.63) is 99.6 Å². The number of nitrogens with one attached hydrogen (secondary N) is 1. The fourth-order valence-corrected chi connectivity index (χ4v) is 4.62. The van der Waals surface area contributed by atoms with Crippen LogP contribution in [0, 0.1) is 13.8 Å². The van der Waals surface area contributed by atoms with Gasteiger partial charge in [0.1, 0.15) is 0 Å². The summed E-state index contributed by atoms with van der Waals surface area (Å²) < 4.78 is 26.1. The zero-order chi connectivity index (χ0) is 23.5. The number of aryl methyl sites for hydroxylation is 2. The Morgan fingerprint density at radius 1 is 1.00 bits per heavy atom. The molecule has 0 aromatic heterocycles. The van der Waals surface area contributed by atoms with Gasteiger partial charge in [-0.25, -0.2) is 8.42 Å². The quantitative estimate of drug-likeness (QED) is 0.501. The van der Waals surface area contributed by atoms with Crippen molar-refractivity contribution >= 4 is 33.2 Å². The Bertz CT molecular complexity index is 1210. The van der Waals surface area contributed by atoms with Crippen LogP contribution < -0.4 is 9.62 Å². The Morgan fingerprint density at radius 2 is 1.62 bits per heavy atom. The third-order valence-corrected chi connectivity index (χ3v) is 6.69. The number of rotatable bonds is 7. The summed E-state index contributed by atoms with van der Waals surface area (Å²) in [5.74, 6) is -0.215. The molecule has 0 heterocycles. The lowest BCUT2D eigenvalue weighted by Crippen LogP contribution is -2.30. The molecule has 3 rings (SSSR count). The van der Waals surface area contributed by atoms with E-state index in [9.17, 15) is 13.2 Å². The summed E-state index contributed by atoms with van der Waals surface area (Å²) in [6, 6.07) is 19.6. The maximum Gasteiger partial charge on any atom is 0.251 e. The number of benzene rings is 3. The van der Waals surface area contributed by atoms with Gasteiger partial charge in [0, 0.05) is 10.6 Å². The van der Waals surface area contributed by atoms with Crippen molar-refractivity contribution < 1.29 is 13.2 Å². The smallest absolute Gasteiger partial charge is 0.251 e. The molecular formula is C25H27ClN2O3S. The maximum absolute atomic E-state index is 12.8. The summed E-state index contributed by atoms with van der Waals surface area (Å²) in [5.41, 5.74) is 5.12. The molecule has 0 aliphatic heterocycles. The molecule has 0 saturated carbocycles. The molecule has 0 aliphatic carbocycles. The summed E-state index contributed by atoms with van der Waals surface area (Å²) in [7, 11) is -3.52. The zero-order valence-electron chi connectivity index (χ0n) is 18.6. The number of carbonyl (C=O) groups is 1. The number of halogens is 1. The summed E-state index contributed by atoms with van der Waals surface area (Å²) in [4.78, 5) is 12.8. The molecule has 0 saturated heterocycles. The van der Waals surface area contributed by atoms with Crippen molar-refractivity contribution in [3.8, 4) is 0 Å². The molecule has 7 heteroatoms. The van der Waals surface area contributed by atoms with Crippen molar-refractivity contribution in [1.29, 1.82) is 0 Å². The molecule has 0 fully saturated rings. The van der Waals surface area contributed by atoms with Gasteiger partial charge >= 0.3 is 0 Å². The Balaban J connectivity index is 1.76. The highest BCUT2D eigenvalue weighted by Gasteiger charge is 2.19. The molecule has 5 nitrogen and oxygen atoms in total. The third kappa shape index (κ3) is 5.90. The summed E-state index contributed by atoms with van der Waals surface area (Å²) in [6.45, 7) is 6.18. The van der Waals surface area contributed by atoms with E-state index in [1.54, 1.807) is 48.5 Å². The Morgan fingerprint density at radius 3 is 2.19 bits per heavy atom. The summed E-state index contributed by atoms with van der Waals surface area (Å²) >= 11 is 5.92. The number of carbonyl (C=O) groups excluding carboxylic acids is 1. The Labute approximate surface area is 195 Å². The van der Waals surface area contributed by atoms with E-state index in [4.69, 9.17) is 11.6 Å². The predicted octanol–water partition coefficient (Wildman–Crippen LogP) is 5.41. The number of anilines is 1. The number of sulfonamides is 1. The first kappa shape index (κ1) is 23.8. The van der Waals surface area contributed by atoms with Crippen LogP contribution in [0.3, 0.4) is 0 Å². The first-order valence-corrected chi connectivity index (χ1v) is 12.5. The second kappa shape index (κ2) is 9.76. The van der Waals surface area contributed by atoms with Gasteiger partial charge in [-0.3, -0.25) is 9.10 Å². The van der Waals surface area contributed by atoms with Gasteiger partial charge < -0.3 is 5.32 Å². The van der Waals surface area contributed by atoms with Crippen LogP contribution in [0.1, 0.15) is 45.6 Å². The number of amides is 1. The van der Waals surface area contributed by atoms with Crippen LogP contribution in [0.2, 0.25) is 5.02 Å². The van der Waals surface area contributed by atoms with Crippen molar-refractivity contribution in [3.63, 3.8) is 0 Å². The van der Waals surface area contributed by atoms with E-state index in [0.717, 1.165) is 22.9 Å². The molecule has 32 heavy (non-hydrogen) atoms. The van der Waals surface area contributed by atoms with Crippen molar-refractivity contribution in [2.45, 2.75) is 33.4 Å². The molecule has 0 unspecified atom stereocenters. The average Bonchev–Trinajstić information content (AvgIpc) is 2.72. The summed E-state index contributed by atoms with van der Waals surface area (Å²) in [6.07, 6.45) is 1.16. The SMILES string of the molecule is Cc1ccc([C@H](C)NC(=O)c2ccc(N(Cc3ccc(Cl)cc3)S(C)(=O)=O)cc2)c(C)c1. The first-order valence-electron chi connectivity index (χ1n) is 10.2. The second-order valence-electron chi connectivity index (χ2n) is 8.00. The molecule has 0 aliphatic rings. The molecule has 3 aromatic rings. The molecule has 0 bridgehead atoms. The predicted molar refractivity (Wildman–Crippen MR) is 131 cm³/mol. The minimum atomic E-state index is -3.52. The maximum atomic E-state index is 12.8. The lowest BCUT2D eigenvalue weighted by atomic mass is 10.00. The van der Waals surface area contributed by atoms with E-state index in [0.29, 0.717) is 16.3 Å². The molecule has 3 aromatic carbocycles. The van der Waals surface area contributed by atoms with Crippen LogP contribution in [0.4, 0.5) is 5.69 Å². The highest BCUT2D eigenvalue weighted by Crippen LogP contribution is 2.23. The van der Waals surface area contributed by atoms with Crippen LogP contribution in [0.5, 0.6) is 0 Å². The van der Waals surface area contributed by atoms with Crippen LogP contribution in [0.15, 0.2) is 66.7 Å². The van der Waals surface area contributed by atoms with Crippen molar-refractivity contribution in [2.75, 3.05) is 10.6 Å². The molecule has 0 spiro atoms. The average molecular weight is 471 g/mol. The highest BCUT2D eigenvalue weighted by atomic mass is 35.5. The van der Waals surface area contributed by atoms with Gasteiger partial charge in [-0.15, -0.1) is 0 Å². The van der Waals surface area contributed by atoms with Crippen LogP contribution in [-0.2, 0) is 16.6 Å². The summed E-state index contributed by atoms with van der Waals surface area (Å²) in [5, 5.41) is 3.60. The molecule has 1 N–H and O–H groups in total. The van der Waals surface area contributed by atoms with Gasteiger partial charge in [0.2, 0.25) is 10.0 Å². The molecule has 0 radical (unpaired) electrons. The highest BCUT2D eigenvalue weighted by molar-refractivity contribution is 7.92. The van der Waals surface area contributed by atoms with Gasteiger partial charge in [0.25, 0.3) is 5.91 Å². The van der Waals surface area contributed by atoms with Gasteiger partial charge in [-0.2, -0.15) is 0 Å². The fourth-order valence-electron chi connectivity index (χ4n) is 3.60. The van der Waals surface area contributed by atoms with E-state index in [1.165, 1.54) is 9.87 Å². The van der Waals surface area contributed by atoms with Gasteiger partial charge in [-0.1, -0.05) is 47.5 Å². The molecule has 1 amide bonds. The zero-order valence-corrected chi connectivity index (χ0v) is 20.2. The van der Waals surface area contributed by atoms with Gasteiger partial charge in [0.15, 0.2) is 0 Å². The van der Waals surface area contributed by atoms with Crippen LogP contribution >= 0.6 is 11.6 Å². The van der Waals surface area contributed by atoms with E-state index < -0.39 is 10.0 Å². The third-order valence-electron chi connectivity index (χ3n) is 5.30. The van der Waals surface area contributed by atoms with Crippen molar-refractivity contribution in [1.82, 2.24) is 5.32 Å². The molecular weight excluding hydrogens is 444 g/mol. The standard InChI is InChI=1S/C25H27ClN2O3S/c1-17-5-14-24(18(2)15-17)19(3)27-25(29)21-8-12-23(13-9-21)28(32(4,30)31)16-20-6-10-22(26)11-7-20/h5-15,19H,16H2,1-4H3,(H,27,29)/t19-/m0/s1. The van der Waals surface area contributed by atoms with Crippen LogP contribution in [-0.4, -0.2) is 20.6 Å². The molecule has 168 valence electrons. The van der Waals surface area contributed by atoms with E-state index in [1.807, 2.05) is 32.9 Å². The minimum absolute atomic E-state index is 0.153. The van der Waals surface area contributed by atoms with E-state index >= 15 is 0 Å². The topological polar surface area (TPSA) is 66.5 Å². The second-order valence-corrected chi connectivity index (χ2v) is 10.3. The van der Waals surface area contributed by atoms with Gasteiger partial charge in [0.05, 0.1) is 24.5 Å². The molecule has 1 atom stereocenters. The van der Waals surface area contributed by atoms with E-state index in [-0.39, 0.29) is 18.5 Å². The fraction of sp³-hybridized carbons (Fsp3) is 0.240. The number of nitrogens with zero attached hydrogens (tertiary/aromatic N) is 1. The number of hydrogen-bond donors (Lipinski definition) is 1. The van der Waals surface area contributed by atoms with Gasteiger partial charge in [-0.05, 0) is 73.9 Å².